The van der Waals surface area contributed by atoms with E-state index in [2.05, 4.69) is 11.6 Å². The molecule has 0 unspecified atom stereocenters. The highest BCUT2D eigenvalue weighted by Crippen LogP contribution is 2.26. The Morgan fingerprint density at radius 1 is 1.35 bits per heavy atom. The lowest BCUT2D eigenvalue weighted by Gasteiger charge is -2.32. The number of amides is 2. The van der Waals surface area contributed by atoms with Gasteiger partial charge in [-0.3, -0.25) is 9.59 Å². The van der Waals surface area contributed by atoms with E-state index in [0.717, 1.165) is 24.3 Å². The largest absolute Gasteiger partial charge is 0.496 e. The average molecular weight is 337 g/mol. The second-order valence-electron chi connectivity index (χ2n) is 5.30. The molecule has 0 spiro atoms. The molecule has 1 fully saturated rings. The first kappa shape index (κ1) is 17.5. The molecule has 0 atom stereocenters. The van der Waals surface area contributed by atoms with Crippen molar-refractivity contribution in [3.63, 3.8) is 0 Å². The number of carbonyl (C=O) groups excluding carboxylic acids is 2. The maximum Gasteiger partial charge on any atom is 0.257 e. The summed E-state index contributed by atoms with van der Waals surface area (Å²) < 4.78 is 8.63. The highest BCUT2D eigenvalue weighted by Gasteiger charge is 2.23. The van der Waals surface area contributed by atoms with Crippen LogP contribution in [0, 0.1) is 0 Å². The van der Waals surface area contributed by atoms with Gasteiger partial charge in [0.15, 0.2) is 0 Å². The number of rotatable bonds is 7. The standard InChI is InChI=1S/C16H23N3O3S/c1-3-10-23-17-13-4-5-14(15(11-13)22-2)16(21)19-8-6-18(12-20)7-9-19/h4-5,11-12,17H,3,6-10H2,1-2H3. The molecule has 1 heterocycles. The van der Waals surface area contributed by atoms with Crippen LogP contribution in [0.4, 0.5) is 5.69 Å². The monoisotopic (exact) mass is 337 g/mol. The molecular formula is C16H23N3O3S. The highest BCUT2D eigenvalue weighted by molar-refractivity contribution is 8.00. The number of carbonyl (C=O) groups is 2. The van der Waals surface area contributed by atoms with E-state index in [1.165, 1.54) is 0 Å². The highest BCUT2D eigenvalue weighted by atomic mass is 32.2. The topological polar surface area (TPSA) is 61.9 Å². The lowest BCUT2D eigenvalue weighted by Crippen LogP contribution is -2.48. The summed E-state index contributed by atoms with van der Waals surface area (Å²) in [4.78, 5) is 26.8. The van der Waals surface area contributed by atoms with Crippen molar-refractivity contribution in [3.8, 4) is 5.75 Å². The van der Waals surface area contributed by atoms with Gasteiger partial charge in [-0.15, -0.1) is 0 Å². The normalized spacial score (nSPS) is 14.5. The van der Waals surface area contributed by atoms with Crippen molar-refractivity contribution in [1.29, 1.82) is 0 Å². The van der Waals surface area contributed by atoms with Crippen LogP contribution in [0.25, 0.3) is 0 Å². The molecule has 2 amide bonds. The summed E-state index contributed by atoms with van der Waals surface area (Å²) >= 11 is 1.63. The second-order valence-corrected chi connectivity index (χ2v) is 6.20. The van der Waals surface area contributed by atoms with Crippen LogP contribution in [-0.2, 0) is 4.79 Å². The molecule has 1 aliphatic rings. The fraction of sp³-hybridized carbons (Fsp3) is 0.500. The van der Waals surface area contributed by atoms with Gasteiger partial charge in [0.2, 0.25) is 6.41 Å². The molecule has 0 bridgehead atoms. The Morgan fingerprint density at radius 2 is 2.09 bits per heavy atom. The Kier molecular flexibility index (Phi) is 6.58. The third-order valence-corrected chi connectivity index (χ3v) is 4.67. The minimum Gasteiger partial charge on any atom is -0.496 e. The molecule has 1 aromatic rings. The number of methoxy groups -OCH3 is 1. The molecular weight excluding hydrogens is 314 g/mol. The van der Waals surface area contributed by atoms with Crippen LogP contribution in [0.2, 0.25) is 0 Å². The summed E-state index contributed by atoms with van der Waals surface area (Å²) in [6, 6.07) is 5.53. The Morgan fingerprint density at radius 3 is 2.70 bits per heavy atom. The zero-order valence-electron chi connectivity index (χ0n) is 13.6. The molecule has 0 radical (unpaired) electrons. The Balaban J connectivity index is 2.06. The molecule has 0 aliphatic carbocycles. The van der Waals surface area contributed by atoms with Crippen LogP contribution >= 0.6 is 11.9 Å². The number of hydrogen-bond donors (Lipinski definition) is 1. The molecule has 6 nitrogen and oxygen atoms in total. The Labute approximate surface area is 141 Å². The second kappa shape index (κ2) is 8.67. The minimum atomic E-state index is -0.0554. The molecule has 1 N–H and O–H groups in total. The van der Waals surface area contributed by atoms with Crippen molar-refractivity contribution < 1.29 is 14.3 Å². The van der Waals surface area contributed by atoms with Crippen LogP contribution in [0.5, 0.6) is 5.75 Å². The molecule has 126 valence electrons. The van der Waals surface area contributed by atoms with Crippen LogP contribution in [0.15, 0.2) is 18.2 Å². The van der Waals surface area contributed by atoms with Gasteiger partial charge in [-0.1, -0.05) is 18.9 Å². The molecule has 0 aromatic heterocycles. The van der Waals surface area contributed by atoms with Gasteiger partial charge in [-0.05, 0) is 18.6 Å². The zero-order valence-corrected chi connectivity index (χ0v) is 14.4. The van der Waals surface area contributed by atoms with Crippen LogP contribution in [0.3, 0.4) is 0 Å². The minimum absolute atomic E-state index is 0.0554. The van der Waals surface area contributed by atoms with Gasteiger partial charge in [0, 0.05) is 43.7 Å². The van der Waals surface area contributed by atoms with Crippen molar-refractivity contribution >= 4 is 30.0 Å². The van der Waals surface area contributed by atoms with Crippen LogP contribution in [0.1, 0.15) is 23.7 Å². The van der Waals surface area contributed by atoms with E-state index < -0.39 is 0 Å². The molecule has 1 aromatic carbocycles. The van der Waals surface area contributed by atoms with Crippen molar-refractivity contribution in [3.05, 3.63) is 23.8 Å². The molecule has 1 aliphatic heterocycles. The fourth-order valence-corrected chi connectivity index (χ4v) is 2.97. The number of piperazine rings is 1. The van der Waals surface area contributed by atoms with E-state index >= 15 is 0 Å². The van der Waals surface area contributed by atoms with Gasteiger partial charge >= 0.3 is 0 Å². The van der Waals surface area contributed by atoms with Crippen molar-refractivity contribution in [2.75, 3.05) is 43.8 Å². The Bertz CT molecular complexity index is 545. The van der Waals surface area contributed by atoms with E-state index in [1.807, 2.05) is 12.1 Å². The van der Waals surface area contributed by atoms with Gasteiger partial charge in [-0.25, -0.2) is 0 Å². The van der Waals surface area contributed by atoms with E-state index in [1.54, 1.807) is 34.9 Å². The first-order valence-corrected chi connectivity index (χ1v) is 8.72. The molecule has 7 heteroatoms. The first-order chi connectivity index (χ1) is 11.2. The molecule has 2 rings (SSSR count). The number of nitrogens with one attached hydrogen (secondary N) is 1. The first-order valence-electron chi connectivity index (χ1n) is 7.74. The lowest BCUT2D eigenvalue weighted by atomic mass is 10.1. The summed E-state index contributed by atoms with van der Waals surface area (Å²) in [6.45, 7) is 4.37. The average Bonchev–Trinajstić information content (AvgIpc) is 2.61. The maximum absolute atomic E-state index is 12.7. The van der Waals surface area contributed by atoms with Gasteiger partial charge in [0.05, 0.1) is 12.7 Å². The van der Waals surface area contributed by atoms with Crippen molar-refractivity contribution in [2.45, 2.75) is 13.3 Å². The number of nitrogens with zero attached hydrogens (tertiary/aromatic N) is 2. The number of ether oxygens (including phenoxy) is 1. The van der Waals surface area contributed by atoms with Gasteiger partial charge in [0.1, 0.15) is 5.75 Å². The SMILES string of the molecule is CCCSNc1ccc(C(=O)N2CCN(C=O)CC2)c(OC)c1. The summed E-state index contributed by atoms with van der Waals surface area (Å²) in [5, 5.41) is 0. The summed E-state index contributed by atoms with van der Waals surface area (Å²) in [5.74, 6) is 1.53. The maximum atomic E-state index is 12.7. The number of benzene rings is 1. The van der Waals surface area contributed by atoms with Gasteiger partial charge in [-0.2, -0.15) is 0 Å². The number of hydrogen-bond acceptors (Lipinski definition) is 5. The van der Waals surface area contributed by atoms with Crippen molar-refractivity contribution in [1.82, 2.24) is 9.80 Å². The lowest BCUT2D eigenvalue weighted by molar-refractivity contribution is -0.119. The van der Waals surface area contributed by atoms with Gasteiger partial charge < -0.3 is 19.3 Å². The van der Waals surface area contributed by atoms with E-state index in [9.17, 15) is 9.59 Å². The third-order valence-electron chi connectivity index (χ3n) is 3.68. The molecule has 0 saturated carbocycles. The quantitative estimate of drug-likeness (QED) is 0.469. The van der Waals surface area contributed by atoms with Crippen molar-refractivity contribution in [2.24, 2.45) is 0 Å². The summed E-state index contributed by atoms with van der Waals surface area (Å²) in [6.07, 6.45) is 1.93. The van der Waals surface area contributed by atoms with E-state index in [4.69, 9.17) is 4.74 Å². The predicted molar refractivity (Wildman–Crippen MR) is 92.9 cm³/mol. The summed E-state index contributed by atoms with van der Waals surface area (Å²) in [7, 11) is 1.57. The van der Waals surface area contributed by atoms with E-state index in [0.29, 0.717) is 37.5 Å². The van der Waals surface area contributed by atoms with E-state index in [-0.39, 0.29) is 5.91 Å². The third kappa shape index (κ3) is 4.54. The predicted octanol–water partition coefficient (Wildman–Crippen LogP) is 2.08. The van der Waals surface area contributed by atoms with Crippen LogP contribution < -0.4 is 9.46 Å². The summed E-state index contributed by atoms with van der Waals surface area (Å²) in [5.41, 5.74) is 1.47. The fourth-order valence-electron chi connectivity index (χ4n) is 2.37. The van der Waals surface area contributed by atoms with Crippen LogP contribution in [-0.4, -0.2) is 61.2 Å². The molecule has 1 saturated heterocycles. The van der Waals surface area contributed by atoms with Gasteiger partial charge in [0.25, 0.3) is 5.91 Å². The smallest absolute Gasteiger partial charge is 0.257 e. The zero-order chi connectivity index (χ0) is 16.7. The molecule has 23 heavy (non-hydrogen) atoms. The number of anilines is 1. The Hall–Kier alpha value is -1.89.